The van der Waals surface area contributed by atoms with Crippen LogP contribution in [0.2, 0.25) is 0 Å². The number of allylic oxidation sites excluding steroid dienone is 1. The van der Waals surface area contributed by atoms with Gasteiger partial charge in [0.2, 0.25) is 5.75 Å². The zero-order valence-corrected chi connectivity index (χ0v) is 14.2. The van der Waals surface area contributed by atoms with Gasteiger partial charge >= 0.3 is 0 Å². The van der Waals surface area contributed by atoms with Crippen molar-refractivity contribution in [3.8, 4) is 29.4 Å². The van der Waals surface area contributed by atoms with Crippen molar-refractivity contribution in [3.05, 3.63) is 28.3 Å². The van der Waals surface area contributed by atoms with Crippen molar-refractivity contribution in [2.24, 2.45) is 11.7 Å². The summed E-state index contributed by atoms with van der Waals surface area (Å²) in [6, 6.07) is 7.50. The number of nitrogens with zero attached hydrogens (tertiary/aromatic N) is 2. The van der Waals surface area contributed by atoms with Crippen molar-refractivity contribution < 1.29 is 14.2 Å². The lowest BCUT2D eigenvalue weighted by molar-refractivity contribution is 0.323. The zero-order chi connectivity index (χ0) is 17.9. The monoisotopic (exact) mass is 344 g/mol. The van der Waals surface area contributed by atoms with Gasteiger partial charge in [0.25, 0.3) is 0 Å². The van der Waals surface area contributed by atoms with Crippen molar-refractivity contribution in [2.75, 3.05) is 21.3 Å². The third-order valence-corrected chi connectivity index (χ3v) is 4.63. The minimum atomic E-state index is -0.806. The number of hydrogen-bond donors (Lipinski definition) is 2. The van der Waals surface area contributed by atoms with E-state index in [1.165, 1.54) is 21.3 Å². The average molecular weight is 344 g/mol. The minimum Gasteiger partial charge on any atom is -0.493 e. The summed E-state index contributed by atoms with van der Waals surface area (Å²) in [7, 11) is 4.46. The van der Waals surface area contributed by atoms with Crippen molar-refractivity contribution in [1.82, 2.24) is 0 Å². The average Bonchev–Trinajstić information content (AvgIpc) is 2.59. The lowest BCUT2D eigenvalue weighted by Crippen LogP contribution is -2.27. The molecule has 0 aliphatic carbocycles. The second-order valence-corrected chi connectivity index (χ2v) is 5.98. The number of benzene rings is 1. The minimum absolute atomic E-state index is 0.104. The van der Waals surface area contributed by atoms with Crippen LogP contribution in [0.15, 0.2) is 22.7 Å². The number of nitrogens with one attached hydrogen (secondary N) is 1. The van der Waals surface area contributed by atoms with Gasteiger partial charge in [0.1, 0.15) is 5.92 Å². The molecule has 0 fully saturated rings. The summed E-state index contributed by atoms with van der Waals surface area (Å²) < 4.78 is 15.9. The van der Waals surface area contributed by atoms with Gasteiger partial charge in [-0.25, -0.2) is 0 Å². The molecule has 7 nitrogen and oxygen atoms in total. The molecule has 0 amide bonds. The van der Waals surface area contributed by atoms with Crippen molar-refractivity contribution in [1.29, 1.82) is 15.9 Å². The summed E-state index contributed by atoms with van der Waals surface area (Å²) in [5.74, 6) is -0.247. The molecule has 2 atom stereocenters. The van der Waals surface area contributed by atoms with E-state index >= 15 is 0 Å². The van der Waals surface area contributed by atoms with Crippen LogP contribution in [0.3, 0.4) is 0 Å². The Kier molecular flexibility index (Phi) is 5.22. The fourth-order valence-electron chi connectivity index (χ4n) is 2.61. The first-order valence-electron chi connectivity index (χ1n) is 6.87. The summed E-state index contributed by atoms with van der Waals surface area (Å²) in [4.78, 5) is 0. The lowest BCUT2D eigenvalue weighted by atomic mass is 9.81. The zero-order valence-electron chi connectivity index (χ0n) is 13.4. The van der Waals surface area contributed by atoms with Gasteiger partial charge in [-0.1, -0.05) is 11.8 Å². The highest BCUT2D eigenvalue weighted by Gasteiger charge is 2.38. The van der Waals surface area contributed by atoms with E-state index < -0.39 is 11.8 Å². The van der Waals surface area contributed by atoms with Crippen LogP contribution in [0.5, 0.6) is 17.2 Å². The van der Waals surface area contributed by atoms with Gasteiger partial charge in [0, 0.05) is 5.92 Å². The van der Waals surface area contributed by atoms with Gasteiger partial charge in [0.15, 0.2) is 11.5 Å². The molecule has 2 rings (SSSR count). The standard InChI is InChI=1S/C16H16N4O3S/c1-21-11-4-8(5-12(22-2)14(11)23-3)13-9(6-17)15(19)24-16(20)10(13)7-18/h4-5,9,13,19H,20H2,1-3H3/t9-,13+/m0/s1. The first kappa shape index (κ1) is 17.5. The number of ether oxygens (including phenoxy) is 3. The second kappa shape index (κ2) is 7.16. The van der Waals surface area contributed by atoms with Gasteiger partial charge in [0.05, 0.1) is 49.1 Å². The number of nitriles is 2. The summed E-state index contributed by atoms with van der Waals surface area (Å²) in [6.07, 6.45) is 0. The molecule has 1 aromatic carbocycles. The molecule has 0 radical (unpaired) electrons. The van der Waals surface area contributed by atoms with Crippen LogP contribution in [0.25, 0.3) is 0 Å². The van der Waals surface area contributed by atoms with E-state index in [1.54, 1.807) is 12.1 Å². The quantitative estimate of drug-likeness (QED) is 0.858. The van der Waals surface area contributed by atoms with E-state index in [9.17, 15) is 10.5 Å². The van der Waals surface area contributed by atoms with Crippen LogP contribution in [-0.4, -0.2) is 26.4 Å². The molecular weight excluding hydrogens is 328 g/mol. The molecular formula is C16H16N4O3S. The van der Waals surface area contributed by atoms with Gasteiger partial charge in [-0.15, -0.1) is 0 Å². The van der Waals surface area contributed by atoms with Crippen LogP contribution >= 0.6 is 11.8 Å². The summed E-state index contributed by atoms with van der Waals surface area (Å²) >= 11 is 0.941. The van der Waals surface area contributed by atoms with Crippen molar-refractivity contribution in [2.45, 2.75) is 5.92 Å². The summed E-state index contributed by atoms with van der Waals surface area (Å²) in [5, 5.41) is 27.3. The Morgan fingerprint density at radius 2 is 1.71 bits per heavy atom. The summed E-state index contributed by atoms with van der Waals surface area (Å²) in [6.45, 7) is 0. The fourth-order valence-corrected chi connectivity index (χ4v) is 3.44. The molecule has 1 heterocycles. The molecule has 1 aliphatic heterocycles. The van der Waals surface area contributed by atoms with E-state index in [2.05, 4.69) is 12.1 Å². The summed E-state index contributed by atoms with van der Waals surface area (Å²) in [5.41, 5.74) is 6.76. The molecule has 0 unspecified atom stereocenters. The van der Waals surface area contributed by atoms with E-state index in [4.69, 9.17) is 25.4 Å². The Bertz CT molecular complexity index is 766. The Morgan fingerprint density at radius 1 is 1.12 bits per heavy atom. The number of hydrogen-bond acceptors (Lipinski definition) is 8. The number of methoxy groups -OCH3 is 3. The maximum absolute atomic E-state index is 9.48. The normalized spacial score (nSPS) is 20.1. The molecule has 124 valence electrons. The van der Waals surface area contributed by atoms with E-state index in [-0.39, 0.29) is 15.6 Å². The largest absolute Gasteiger partial charge is 0.493 e. The second-order valence-electron chi connectivity index (χ2n) is 4.90. The molecule has 1 aliphatic rings. The van der Waals surface area contributed by atoms with Gasteiger partial charge in [-0.2, -0.15) is 10.5 Å². The maximum atomic E-state index is 9.48. The highest BCUT2D eigenvalue weighted by molar-refractivity contribution is 8.17. The highest BCUT2D eigenvalue weighted by atomic mass is 32.2. The van der Waals surface area contributed by atoms with Crippen LogP contribution < -0.4 is 19.9 Å². The van der Waals surface area contributed by atoms with Crippen LogP contribution in [0, 0.1) is 34.0 Å². The molecule has 0 spiro atoms. The van der Waals surface area contributed by atoms with E-state index in [0.717, 1.165) is 11.8 Å². The van der Waals surface area contributed by atoms with Crippen LogP contribution in [0.4, 0.5) is 0 Å². The van der Waals surface area contributed by atoms with Crippen LogP contribution in [0.1, 0.15) is 11.5 Å². The molecule has 0 saturated heterocycles. The van der Waals surface area contributed by atoms with Gasteiger partial charge in [-0.3, -0.25) is 5.41 Å². The molecule has 0 aromatic heterocycles. The van der Waals surface area contributed by atoms with Crippen molar-refractivity contribution >= 4 is 16.8 Å². The fraction of sp³-hybridized carbons (Fsp3) is 0.312. The molecule has 24 heavy (non-hydrogen) atoms. The number of thioether (sulfide) groups is 1. The predicted octanol–water partition coefficient (Wildman–Crippen LogP) is 2.35. The Hall–Kier alpha value is -2.84. The third-order valence-electron chi connectivity index (χ3n) is 3.72. The van der Waals surface area contributed by atoms with Gasteiger partial charge in [-0.05, 0) is 17.7 Å². The van der Waals surface area contributed by atoms with Gasteiger partial charge < -0.3 is 19.9 Å². The SMILES string of the molecule is COc1cc([C@H]2C(C#N)=C(N)SC(=N)[C@H]2C#N)cc(OC)c1OC. The molecule has 1 aromatic rings. The van der Waals surface area contributed by atoms with Crippen molar-refractivity contribution in [3.63, 3.8) is 0 Å². The van der Waals surface area contributed by atoms with E-state index in [0.29, 0.717) is 22.8 Å². The first-order valence-corrected chi connectivity index (χ1v) is 7.69. The Balaban J connectivity index is 2.72. The Morgan fingerprint density at radius 3 is 2.12 bits per heavy atom. The smallest absolute Gasteiger partial charge is 0.203 e. The molecule has 8 heteroatoms. The molecule has 0 bridgehead atoms. The topological polar surface area (TPSA) is 125 Å². The number of nitrogens with two attached hydrogens (primary N) is 1. The first-order chi connectivity index (χ1) is 11.5. The maximum Gasteiger partial charge on any atom is 0.203 e. The molecule has 0 saturated carbocycles. The Labute approximate surface area is 144 Å². The van der Waals surface area contributed by atoms with Crippen LogP contribution in [-0.2, 0) is 0 Å². The lowest BCUT2D eigenvalue weighted by Gasteiger charge is -2.28. The third kappa shape index (κ3) is 2.84. The highest BCUT2D eigenvalue weighted by Crippen LogP contribution is 2.47. The predicted molar refractivity (Wildman–Crippen MR) is 90.1 cm³/mol. The van der Waals surface area contributed by atoms with E-state index in [1.807, 2.05) is 0 Å². The molecule has 3 N–H and O–H groups in total. The number of rotatable bonds is 4.